The molecule has 0 saturated carbocycles. The number of hydrogen-bond donors (Lipinski definition) is 1. The third-order valence-electron chi connectivity index (χ3n) is 3.08. The van der Waals surface area contributed by atoms with Crippen LogP contribution in [0.25, 0.3) is 5.69 Å². The van der Waals surface area contributed by atoms with Crippen LogP contribution in [0.4, 0.5) is 4.39 Å². The van der Waals surface area contributed by atoms with E-state index in [2.05, 4.69) is 10.1 Å². The summed E-state index contributed by atoms with van der Waals surface area (Å²) in [6.07, 6.45) is 1.33. The highest BCUT2D eigenvalue weighted by molar-refractivity contribution is 7.99. The average Bonchev–Trinajstić information content (AvgIpc) is 2.92. The molecule has 0 unspecified atom stereocenters. The van der Waals surface area contributed by atoms with Crippen LogP contribution in [-0.4, -0.2) is 25.8 Å². The number of nitrogens with zero attached hydrogens (tertiary/aromatic N) is 3. The van der Waals surface area contributed by atoms with Crippen LogP contribution in [0.5, 0.6) is 0 Å². The Bertz CT molecular complexity index is 879. The van der Waals surface area contributed by atoms with Crippen LogP contribution in [0.2, 0.25) is 0 Å². The summed E-state index contributed by atoms with van der Waals surface area (Å²) in [5.41, 5.74) is 1.03. The molecule has 0 aliphatic carbocycles. The van der Waals surface area contributed by atoms with Crippen molar-refractivity contribution in [3.63, 3.8) is 0 Å². The molecule has 116 valence electrons. The largest absolute Gasteiger partial charge is 0.476 e. The minimum Gasteiger partial charge on any atom is -0.476 e. The quantitative estimate of drug-likeness (QED) is 0.741. The Kier molecular flexibility index (Phi) is 4.12. The normalized spacial score (nSPS) is 10.7. The van der Waals surface area contributed by atoms with Gasteiger partial charge < -0.3 is 5.11 Å². The molecule has 7 heteroatoms. The Labute approximate surface area is 135 Å². The Balaban J connectivity index is 2.08. The lowest BCUT2D eigenvalue weighted by Gasteiger charge is -2.07. The third kappa shape index (κ3) is 3.24. The highest BCUT2D eigenvalue weighted by atomic mass is 32.2. The number of benzene rings is 1. The summed E-state index contributed by atoms with van der Waals surface area (Å²) in [6, 6.07) is 12.2. The predicted molar refractivity (Wildman–Crippen MR) is 83.6 cm³/mol. The van der Waals surface area contributed by atoms with E-state index in [-0.39, 0.29) is 11.4 Å². The zero-order chi connectivity index (χ0) is 16.4. The van der Waals surface area contributed by atoms with E-state index in [0.717, 1.165) is 10.5 Å². The molecule has 2 heterocycles. The Hall–Kier alpha value is -2.67. The van der Waals surface area contributed by atoms with Crippen molar-refractivity contribution in [2.24, 2.45) is 0 Å². The molecule has 0 radical (unpaired) electrons. The van der Waals surface area contributed by atoms with E-state index in [1.807, 2.05) is 31.2 Å². The summed E-state index contributed by atoms with van der Waals surface area (Å²) in [5, 5.41) is 13.6. The summed E-state index contributed by atoms with van der Waals surface area (Å²) in [4.78, 5) is 15.7. The number of carboxylic acid groups (broad SMARTS) is 1. The summed E-state index contributed by atoms with van der Waals surface area (Å²) in [6.45, 7) is 1.96. The molecule has 23 heavy (non-hydrogen) atoms. The van der Waals surface area contributed by atoms with Gasteiger partial charge in [0.15, 0.2) is 5.69 Å². The smallest absolute Gasteiger partial charge is 0.356 e. The van der Waals surface area contributed by atoms with Crippen LogP contribution in [0.15, 0.2) is 58.6 Å². The molecule has 0 fully saturated rings. The second-order valence-electron chi connectivity index (χ2n) is 4.82. The minimum atomic E-state index is -1.17. The van der Waals surface area contributed by atoms with E-state index in [1.165, 1.54) is 34.8 Å². The lowest BCUT2D eigenvalue weighted by atomic mass is 10.2. The van der Waals surface area contributed by atoms with Crippen molar-refractivity contribution in [1.29, 1.82) is 0 Å². The summed E-state index contributed by atoms with van der Waals surface area (Å²) in [5.74, 6) is -1.88. The highest BCUT2D eigenvalue weighted by Crippen LogP contribution is 2.31. The van der Waals surface area contributed by atoms with Gasteiger partial charge in [0.05, 0.1) is 0 Å². The molecular formula is C16H12FN3O2S. The Morgan fingerprint density at radius 1 is 1.26 bits per heavy atom. The minimum absolute atomic E-state index is 0.107. The van der Waals surface area contributed by atoms with E-state index in [1.54, 1.807) is 6.07 Å². The molecule has 1 N–H and O–H groups in total. The number of halogens is 1. The fraction of sp³-hybridized carbons (Fsp3) is 0.0625. The fourth-order valence-corrected chi connectivity index (χ4v) is 3.08. The van der Waals surface area contributed by atoms with Crippen molar-refractivity contribution in [2.75, 3.05) is 0 Å². The van der Waals surface area contributed by atoms with E-state index < -0.39 is 11.9 Å². The molecule has 0 saturated heterocycles. The maximum absolute atomic E-state index is 13.9. The molecule has 0 bridgehead atoms. The van der Waals surface area contributed by atoms with Gasteiger partial charge in [0.25, 0.3) is 0 Å². The first-order valence-electron chi connectivity index (χ1n) is 6.73. The number of rotatable bonds is 4. The zero-order valence-electron chi connectivity index (χ0n) is 12.1. The van der Waals surface area contributed by atoms with Crippen LogP contribution in [0.3, 0.4) is 0 Å². The van der Waals surface area contributed by atoms with Gasteiger partial charge in [-0.3, -0.25) is 0 Å². The van der Waals surface area contributed by atoms with Gasteiger partial charge >= 0.3 is 5.97 Å². The van der Waals surface area contributed by atoms with Crippen LogP contribution < -0.4 is 0 Å². The molecule has 1 aromatic carbocycles. The number of carboxylic acids is 1. The molecule has 0 atom stereocenters. The second-order valence-corrected chi connectivity index (χ2v) is 5.91. The second kappa shape index (κ2) is 6.21. The van der Waals surface area contributed by atoms with Crippen molar-refractivity contribution in [2.45, 2.75) is 16.8 Å². The number of aromatic nitrogens is 3. The molecule has 3 aromatic rings. The molecule has 5 nitrogen and oxygen atoms in total. The molecule has 2 aromatic heterocycles. The SMILES string of the molecule is Cc1cccc(Sc2cc(C(=O)O)nn2-c2cccnc2F)c1. The van der Waals surface area contributed by atoms with E-state index in [0.29, 0.717) is 5.03 Å². The summed E-state index contributed by atoms with van der Waals surface area (Å²) >= 11 is 1.31. The van der Waals surface area contributed by atoms with Crippen molar-refractivity contribution in [3.05, 3.63) is 65.9 Å². The highest BCUT2D eigenvalue weighted by Gasteiger charge is 2.18. The van der Waals surface area contributed by atoms with Crippen LogP contribution >= 0.6 is 11.8 Å². The third-order valence-corrected chi connectivity index (χ3v) is 4.06. The standard InChI is InChI=1S/C16H12FN3O2S/c1-10-4-2-5-11(8-10)23-14-9-12(16(21)22)19-20(14)13-6-3-7-18-15(13)17/h2-9H,1H3,(H,21,22). The molecule has 0 amide bonds. The number of pyridine rings is 1. The van der Waals surface area contributed by atoms with Crippen LogP contribution in [-0.2, 0) is 0 Å². The van der Waals surface area contributed by atoms with Crippen molar-refractivity contribution < 1.29 is 14.3 Å². The number of hydrogen-bond acceptors (Lipinski definition) is 4. The van der Waals surface area contributed by atoms with Gasteiger partial charge in [-0.1, -0.05) is 29.5 Å². The van der Waals surface area contributed by atoms with Crippen molar-refractivity contribution in [1.82, 2.24) is 14.8 Å². The monoisotopic (exact) mass is 329 g/mol. The molecule has 0 aliphatic rings. The van der Waals surface area contributed by atoms with E-state index in [4.69, 9.17) is 5.11 Å². The van der Waals surface area contributed by atoms with Crippen LogP contribution in [0.1, 0.15) is 16.1 Å². The van der Waals surface area contributed by atoms with Gasteiger partial charge in [0, 0.05) is 17.2 Å². The first-order chi connectivity index (χ1) is 11.0. The number of aryl methyl sites for hydroxylation is 1. The van der Waals surface area contributed by atoms with Gasteiger partial charge in [-0.2, -0.15) is 9.49 Å². The number of carbonyl (C=O) groups is 1. The topological polar surface area (TPSA) is 68.0 Å². The summed E-state index contributed by atoms with van der Waals surface area (Å²) < 4.78 is 15.2. The maximum Gasteiger partial charge on any atom is 0.356 e. The van der Waals surface area contributed by atoms with E-state index >= 15 is 0 Å². The van der Waals surface area contributed by atoms with Gasteiger partial charge in [0.2, 0.25) is 5.95 Å². The lowest BCUT2D eigenvalue weighted by Crippen LogP contribution is -2.05. The van der Waals surface area contributed by atoms with Gasteiger partial charge in [0.1, 0.15) is 10.7 Å². The first-order valence-corrected chi connectivity index (χ1v) is 7.55. The maximum atomic E-state index is 13.9. The molecule has 3 rings (SSSR count). The molecule has 0 spiro atoms. The lowest BCUT2D eigenvalue weighted by molar-refractivity contribution is 0.0690. The van der Waals surface area contributed by atoms with Crippen LogP contribution in [0, 0.1) is 12.9 Å². The number of aromatic carboxylic acids is 1. The van der Waals surface area contributed by atoms with Crippen molar-refractivity contribution >= 4 is 17.7 Å². The predicted octanol–water partition coefficient (Wildman–Crippen LogP) is 3.56. The first kappa shape index (κ1) is 15.2. The Morgan fingerprint density at radius 2 is 2.09 bits per heavy atom. The van der Waals surface area contributed by atoms with Crippen molar-refractivity contribution in [3.8, 4) is 5.69 Å². The fourth-order valence-electron chi connectivity index (χ4n) is 2.05. The zero-order valence-corrected chi connectivity index (χ0v) is 12.9. The van der Waals surface area contributed by atoms with Gasteiger partial charge in [-0.15, -0.1) is 0 Å². The average molecular weight is 329 g/mol. The molecular weight excluding hydrogens is 317 g/mol. The van der Waals surface area contributed by atoms with Gasteiger partial charge in [-0.05, 0) is 31.2 Å². The Morgan fingerprint density at radius 3 is 2.78 bits per heavy atom. The van der Waals surface area contributed by atoms with Gasteiger partial charge in [-0.25, -0.2) is 14.5 Å². The van der Waals surface area contributed by atoms with E-state index in [9.17, 15) is 9.18 Å². The summed E-state index contributed by atoms with van der Waals surface area (Å²) in [7, 11) is 0. The molecule has 0 aliphatic heterocycles.